The molecule has 0 bridgehead atoms. The van der Waals surface area contributed by atoms with Crippen LogP contribution in [-0.4, -0.2) is 22.1 Å². The zero-order valence-corrected chi connectivity index (χ0v) is 10.4. The summed E-state index contributed by atoms with van der Waals surface area (Å²) in [6.07, 6.45) is 0.0653. The lowest BCUT2D eigenvalue weighted by Gasteiger charge is -2.05. The molecular weight excluding hydrogens is 235 g/mol. The van der Waals surface area contributed by atoms with E-state index < -0.39 is 0 Å². The molecule has 4 nitrogen and oxygen atoms in total. The summed E-state index contributed by atoms with van der Waals surface area (Å²) in [5, 5.41) is 0. The van der Waals surface area contributed by atoms with Gasteiger partial charge < -0.3 is 9.30 Å². The van der Waals surface area contributed by atoms with Crippen molar-refractivity contribution >= 4 is 17.0 Å². The van der Waals surface area contributed by atoms with Crippen molar-refractivity contribution in [3.8, 4) is 0 Å². The number of rotatable bonds is 4. The van der Waals surface area contributed by atoms with Crippen LogP contribution >= 0.6 is 0 Å². The molecule has 0 aliphatic heterocycles. The predicted molar refractivity (Wildman–Crippen MR) is 65.7 cm³/mol. The van der Waals surface area contributed by atoms with Crippen LogP contribution in [0.15, 0.2) is 18.2 Å². The second-order valence-corrected chi connectivity index (χ2v) is 3.86. The van der Waals surface area contributed by atoms with Crippen LogP contribution < -0.4 is 0 Å². The van der Waals surface area contributed by atoms with Gasteiger partial charge in [0, 0.05) is 6.54 Å². The Kier molecular flexibility index (Phi) is 3.60. The van der Waals surface area contributed by atoms with E-state index >= 15 is 0 Å². The third-order valence-electron chi connectivity index (χ3n) is 2.73. The molecule has 96 valence electrons. The maximum absolute atomic E-state index is 13.6. The number of esters is 1. The summed E-state index contributed by atoms with van der Waals surface area (Å²) in [5.41, 5.74) is 1.01. The largest absolute Gasteiger partial charge is 0.466 e. The van der Waals surface area contributed by atoms with E-state index in [2.05, 4.69) is 4.98 Å². The summed E-state index contributed by atoms with van der Waals surface area (Å²) in [7, 11) is 0. The number of carbonyl (C=O) groups is 1. The minimum atomic E-state index is -0.371. The summed E-state index contributed by atoms with van der Waals surface area (Å²) in [6, 6.07) is 4.80. The van der Waals surface area contributed by atoms with Gasteiger partial charge in [-0.15, -0.1) is 0 Å². The first-order valence-electron chi connectivity index (χ1n) is 5.96. The second-order valence-electron chi connectivity index (χ2n) is 3.86. The fourth-order valence-electron chi connectivity index (χ4n) is 1.99. The zero-order chi connectivity index (χ0) is 13.1. The Hall–Kier alpha value is -1.91. The molecule has 2 aromatic rings. The fraction of sp³-hybridized carbons (Fsp3) is 0.385. The summed E-state index contributed by atoms with van der Waals surface area (Å²) >= 11 is 0. The quantitative estimate of drug-likeness (QED) is 0.782. The van der Waals surface area contributed by atoms with Gasteiger partial charge in [0.05, 0.1) is 12.1 Å². The van der Waals surface area contributed by atoms with Gasteiger partial charge in [0.15, 0.2) is 5.82 Å². The SMILES string of the molecule is CCOC(=O)Cc1nc2c(F)cccc2n1CC. The van der Waals surface area contributed by atoms with E-state index in [1.807, 2.05) is 11.5 Å². The number of halogens is 1. The van der Waals surface area contributed by atoms with Crippen LogP contribution in [0.2, 0.25) is 0 Å². The molecule has 0 saturated carbocycles. The van der Waals surface area contributed by atoms with Gasteiger partial charge in [0.2, 0.25) is 0 Å². The highest BCUT2D eigenvalue weighted by Gasteiger charge is 2.15. The molecule has 0 aliphatic carbocycles. The number of fused-ring (bicyclic) bond motifs is 1. The molecule has 1 aromatic heterocycles. The molecule has 0 spiro atoms. The Morgan fingerprint density at radius 3 is 2.89 bits per heavy atom. The molecule has 18 heavy (non-hydrogen) atoms. The van der Waals surface area contributed by atoms with Gasteiger partial charge >= 0.3 is 5.97 Å². The van der Waals surface area contributed by atoms with Gasteiger partial charge in [-0.1, -0.05) is 6.07 Å². The van der Waals surface area contributed by atoms with Crippen molar-refractivity contribution in [3.63, 3.8) is 0 Å². The van der Waals surface area contributed by atoms with Crippen molar-refractivity contribution < 1.29 is 13.9 Å². The van der Waals surface area contributed by atoms with Crippen molar-refractivity contribution in [1.82, 2.24) is 9.55 Å². The number of carbonyl (C=O) groups excluding carboxylic acids is 1. The standard InChI is InChI=1S/C13H15FN2O2/c1-3-16-10-7-5-6-9(14)13(10)15-11(16)8-12(17)18-4-2/h5-7H,3-4,8H2,1-2H3. The molecule has 0 fully saturated rings. The number of hydrogen-bond donors (Lipinski definition) is 0. The maximum atomic E-state index is 13.6. The molecule has 1 heterocycles. The summed E-state index contributed by atoms with van der Waals surface area (Å²) in [4.78, 5) is 15.7. The Morgan fingerprint density at radius 1 is 1.44 bits per heavy atom. The van der Waals surface area contributed by atoms with Gasteiger partial charge in [-0.3, -0.25) is 4.79 Å². The lowest BCUT2D eigenvalue weighted by atomic mass is 10.3. The van der Waals surface area contributed by atoms with E-state index in [1.165, 1.54) is 6.07 Å². The van der Waals surface area contributed by atoms with Crippen LogP contribution in [0.1, 0.15) is 19.7 Å². The molecule has 0 atom stereocenters. The van der Waals surface area contributed by atoms with E-state index in [0.717, 1.165) is 0 Å². The van der Waals surface area contributed by atoms with Crippen LogP contribution in [0, 0.1) is 5.82 Å². The molecule has 5 heteroatoms. The van der Waals surface area contributed by atoms with Crippen molar-refractivity contribution in [2.24, 2.45) is 0 Å². The number of nitrogens with zero attached hydrogens (tertiary/aromatic N) is 2. The van der Waals surface area contributed by atoms with Crippen molar-refractivity contribution in [2.75, 3.05) is 6.61 Å². The minimum absolute atomic E-state index is 0.0653. The summed E-state index contributed by atoms with van der Waals surface area (Å²) in [5.74, 6) is -0.177. The first kappa shape index (κ1) is 12.5. The number of aromatic nitrogens is 2. The Balaban J connectivity index is 2.44. The number of imidazole rings is 1. The van der Waals surface area contributed by atoms with Crippen LogP contribution in [0.3, 0.4) is 0 Å². The fourth-order valence-corrected chi connectivity index (χ4v) is 1.99. The van der Waals surface area contributed by atoms with E-state index in [1.54, 1.807) is 19.1 Å². The first-order valence-corrected chi connectivity index (χ1v) is 5.96. The number of hydrogen-bond acceptors (Lipinski definition) is 3. The maximum Gasteiger partial charge on any atom is 0.313 e. The van der Waals surface area contributed by atoms with Gasteiger partial charge in [0.25, 0.3) is 0 Å². The molecule has 0 unspecified atom stereocenters. The average Bonchev–Trinajstić information content (AvgIpc) is 2.68. The number of ether oxygens (including phenoxy) is 1. The van der Waals surface area contributed by atoms with E-state index in [9.17, 15) is 9.18 Å². The molecule has 2 rings (SSSR count). The average molecular weight is 250 g/mol. The van der Waals surface area contributed by atoms with Crippen LogP contribution in [-0.2, 0) is 22.5 Å². The minimum Gasteiger partial charge on any atom is -0.466 e. The molecule has 0 aliphatic rings. The monoisotopic (exact) mass is 250 g/mol. The topological polar surface area (TPSA) is 44.1 Å². The third-order valence-corrected chi connectivity index (χ3v) is 2.73. The molecule has 1 aromatic carbocycles. The van der Waals surface area contributed by atoms with Gasteiger partial charge in [0.1, 0.15) is 17.8 Å². The molecule has 0 N–H and O–H groups in total. The third kappa shape index (κ3) is 2.20. The first-order chi connectivity index (χ1) is 8.67. The van der Waals surface area contributed by atoms with Gasteiger partial charge in [-0.2, -0.15) is 0 Å². The van der Waals surface area contributed by atoms with E-state index in [0.29, 0.717) is 30.0 Å². The van der Waals surface area contributed by atoms with E-state index in [4.69, 9.17) is 4.74 Å². The van der Waals surface area contributed by atoms with Crippen molar-refractivity contribution in [2.45, 2.75) is 26.8 Å². The van der Waals surface area contributed by atoms with Crippen molar-refractivity contribution in [3.05, 3.63) is 29.8 Å². The highest BCUT2D eigenvalue weighted by atomic mass is 19.1. The smallest absolute Gasteiger partial charge is 0.313 e. The Labute approximate surface area is 104 Å². The van der Waals surface area contributed by atoms with Crippen LogP contribution in [0.4, 0.5) is 4.39 Å². The summed E-state index contributed by atoms with van der Waals surface area (Å²) in [6.45, 7) is 4.65. The normalized spacial score (nSPS) is 10.8. The predicted octanol–water partition coefficient (Wildman–Crippen LogP) is 2.30. The Morgan fingerprint density at radius 2 is 2.22 bits per heavy atom. The number of aryl methyl sites for hydroxylation is 1. The van der Waals surface area contributed by atoms with Crippen molar-refractivity contribution in [1.29, 1.82) is 0 Å². The number of para-hydroxylation sites is 1. The summed E-state index contributed by atoms with van der Waals surface area (Å²) < 4.78 is 20.3. The second kappa shape index (κ2) is 5.16. The van der Waals surface area contributed by atoms with E-state index in [-0.39, 0.29) is 18.2 Å². The highest BCUT2D eigenvalue weighted by Crippen LogP contribution is 2.19. The van der Waals surface area contributed by atoms with Crippen LogP contribution in [0.5, 0.6) is 0 Å². The molecule has 0 radical (unpaired) electrons. The van der Waals surface area contributed by atoms with Gasteiger partial charge in [-0.25, -0.2) is 9.37 Å². The van der Waals surface area contributed by atoms with Gasteiger partial charge in [-0.05, 0) is 26.0 Å². The molecule has 0 amide bonds. The number of benzene rings is 1. The molecular formula is C13H15FN2O2. The lowest BCUT2D eigenvalue weighted by Crippen LogP contribution is -2.12. The lowest BCUT2D eigenvalue weighted by molar-refractivity contribution is -0.142. The molecule has 0 saturated heterocycles. The zero-order valence-electron chi connectivity index (χ0n) is 10.4. The van der Waals surface area contributed by atoms with Crippen LogP contribution in [0.25, 0.3) is 11.0 Å². The highest BCUT2D eigenvalue weighted by molar-refractivity contribution is 5.79. The Bertz CT molecular complexity index is 578.